The van der Waals surface area contributed by atoms with Gasteiger partial charge in [-0.1, -0.05) is 11.6 Å². The largest absolute Gasteiger partial charge is 0.492 e. The number of hydrogen-bond acceptors (Lipinski definition) is 4. The van der Waals surface area contributed by atoms with Gasteiger partial charge in [-0.2, -0.15) is 0 Å². The molecular formula is C14H19ClN2O3. The van der Waals surface area contributed by atoms with E-state index in [0.717, 1.165) is 6.42 Å². The first kappa shape index (κ1) is 15.1. The molecule has 0 spiro atoms. The molecule has 1 aliphatic heterocycles. The van der Waals surface area contributed by atoms with Crippen LogP contribution < -0.4 is 15.8 Å². The lowest BCUT2D eigenvalue weighted by Crippen LogP contribution is -2.30. The highest BCUT2D eigenvalue weighted by Crippen LogP contribution is 2.29. The van der Waals surface area contributed by atoms with Gasteiger partial charge in [0.2, 0.25) is 0 Å². The number of hydrogen-bond donors (Lipinski definition) is 2. The Morgan fingerprint density at radius 1 is 1.55 bits per heavy atom. The Bertz CT molecular complexity index is 481. The van der Waals surface area contributed by atoms with E-state index in [9.17, 15) is 4.79 Å². The van der Waals surface area contributed by atoms with Gasteiger partial charge in [0.25, 0.3) is 5.91 Å². The third-order valence-electron chi connectivity index (χ3n) is 3.16. The number of halogens is 1. The molecule has 3 N–H and O–H groups in total. The predicted octanol–water partition coefficient (Wildman–Crippen LogP) is 2.18. The number of anilines is 1. The van der Waals surface area contributed by atoms with Gasteiger partial charge in [-0.05, 0) is 38.0 Å². The first-order chi connectivity index (χ1) is 9.63. The number of rotatable bonds is 5. The van der Waals surface area contributed by atoms with Crippen molar-refractivity contribution in [1.82, 2.24) is 0 Å². The summed E-state index contributed by atoms with van der Waals surface area (Å²) in [5.74, 6) is 0.405. The van der Waals surface area contributed by atoms with Gasteiger partial charge < -0.3 is 20.5 Å². The van der Waals surface area contributed by atoms with Crippen molar-refractivity contribution in [1.29, 1.82) is 0 Å². The number of nitrogens with one attached hydrogen (secondary N) is 1. The highest BCUT2D eigenvalue weighted by atomic mass is 35.5. The van der Waals surface area contributed by atoms with Crippen molar-refractivity contribution in [2.24, 2.45) is 5.73 Å². The monoisotopic (exact) mass is 298 g/mol. The van der Waals surface area contributed by atoms with Gasteiger partial charge in [0, 0.05) is 11.6 Å². The second-order valence-electron chi connectivity index (χ2n) is 4.62. The minimum atomic E-state index is -0.461. The second-order valence-corrected chi connectivity index (χ2v) is 5.06. The maximum absolute atomic E-state index is 12.2. The summed E-state index contributed by atoms with van der Waals surface area (Å²) in [5.41, 5.74) is 6.10. The van der Waals surface area contributed by atoms with E-state index in [0.29, 0.717) is 36.0 Å². The van der Waals surface area contributed by atoms with E-state index in [-0.39, 0.29) is 12.0 Å². The Hall–Kier alpha value is -1.30. The average molecular weight is 299 g/mol. The first-order valence-electron chi connectivity index (χ1n) is 6.72. The fraction of sp³-hybridized carbons (Fsp3) is 0.500. The maximum atomic E-state index is 12.2. The average Bonchev–Trinajstić information content (AvgIpc) is 2.91. The number of benzene rings is 1. The normalized spacial score (nSPS) is 21.8. The van der Waals surface area contributed by atoms with Crippen LogP contribution in [-0.2, 0) is 9.53 Å². The quantitative estimate of drug-likeness (QED) is 0.874. The van der Waals surface area contributed by atoms with Crippen molar-refractivity contribution < 1.29 is 14.3 Å². The molecule has 0 aromatic heterocycles. The fourth-order valence-electron chi connectivity index (χ4n) is 2.17. The summed E-state index contributed by atoms with van der Waals surface area (Å²) < 4.78 is 11.0. The molecule has 2 unspecified atom stereocenters. The second kappa shape index (κ2) is 6.92. The van der Waals surface area contributed by atoms with Crippen LogP contribution in [0.15, 0.2) is 18.2 Å². The molecule has 6 heteroatoms. The van der Waals surface area contributed by atoms with Crippen LogP contribution in [0.25, 0.3) is 0 Å². The van der Waals surface area contributed by atoms with Crippen LogP contribution >= 0.6 is 11.6 Å². The topological polar surface area (TPSA) is 73.6 Å². The van der Waals surface area contributed by atoms with Gasteiger partial charge in [-0.3, -0.25) is 4.79 Å². The molecule has 5 nitrogen and oxygen atoms in total. The molecule has 1 saturated heterocycles. The van der Waals surface area contributed by atoms with Crippen LogP contribution in [0.5, 0.6) is 5.75 Å². The molecule has 2 rings (SSSR count). The van der Waals surface area contributed by atoms with Crippen molar-refractivity contribution in [2.45, 2.75) is 32.0 Å². The van der Waals surface area contributed by atoms with Gasteiger partial charge in [-0.15, -0.1) is 0 Å². The Morgan fingerprint density at radius 3 is 3.00 bits per heavy atom. The fourth-order valence-corrected chi connectivity index (χ4v) is 2.34. The summed E-state index contributed by atoms with van der Waals surface area (Å²) in [6.07, 6.45) is 0.995. The van der Waals surface area contributed by atoms with E-state index in [1.54, 1.807) is 18.2 Å². The van der Waals surface area contributed by atoms with Crippen LogP contribution in [0, 0.1) is 0 Å². The van der Waals surface area contributed by atoms with Gasteiger partial charge in [-0.25, -0.2) is 0 Å². The predicted molar refractivity (Wildman–Crippen MR) is 78.2 cm³/mol. The minimum absolute atomic E-state index is 0.0310. The highest BCUT2D eigenvalue weighted by molar-refractivity contribution is 6.31. The molecule has 1 aromatic carbocycles. The maximum Gasteiger partial charge on any atom is 0.253 e. The van der Waals surface area contributed by atoms with E-state index in [4.69, 9.17) is 26.8 Å². The molecule has 2 atom stereocenters. The van der Waals surface area contributed by atoms with Crippen LogP contribution in [0.2, 0.25) is 5.02 Å². The zero-order valence-corrected chi connectivity index (χ0v) is 12.2. The Kier molecular flexibility index (Phi) is 5.23. The summed E-state index contributed by atoms with van der Waals surface area (Å²) in [4.78, 5) is 12.2. The summed E-state index contributed by atoms with van der Waals surface area (Å²) in [5, 5.41) is 3.35. The number of carbonyl (C=O) groups excluding carboxylic acids is 1. The lowest BCUT2D eigenvalue weighted by atomic mass is 10.2. The Balaban J connectivity index is 2.05. The molecule has 0 radical (unpaired) electrons. The van der Waals surface area contributed by atoms with E-state index < -0.39 is 6.10 Å². The molecular weight excluding hydrogens is 280 g/mol. The van der Waals surface area contributed by atoms with Crippen LogP contribution in [0.1, 0.15) is 19.8 Å². The molecule has 1 amide bonds. The third-order valence-corrected chi connectivity index (χ3v) is 3.40. The first-order valence-corrected chi connectivity index (χ1v) is 7.10. The summed E-state index contributed by atoms with van der Waals surface area (Å²) >= 11 is 5.95. The number of nitrogens with two attached hydrogens (primary N) is 1. The van der Waals surface area contributed by atoms with Gasteiger partial charge in [0.05, 0.1) is 18.4 Å². The van der Waals surface area contributed by atoms with E-state index in [2.05, 4.69) is 5.32 Å². The van der Waals surface area contributed by atoms with E-state index in [1.165, 1.54) is 0 Å². The lowest BCUT2D eigenvalue weighted by molar-refractivity contribution is -0.126. The van der Waals surface area contributed by atoms with Gasteiger partial charge in [0.15, 0.2) is 0 Å². The molecule has 0 saturated carbocycles. The molecule has 1 aromatic rings. The van der Waals surface area contributed by atoms with Crippen molar-refractivity contribution in [2.75, 3.05) is 18.5 Å². The number of ether oxygens (including phenoxy) is 2. The molecule has 1 aliphatic rings. The third kappa shape index (κ3) is 3.62. The van der Waals surface area contributed by atoms with Crippen LogP contribution in [0.3, 0.4) is 0 Å². The SMILES string of the molecule is CCOc1ccc(Cl)cc1NC(=O)C1CCC(CN)O1. The van der Waals surface area contributed by atoms with Crippen molar-refractivity contribution in [3.8, 4) is 5.75 Å². The summed E-state index contributed by atoms with van der Waals surface area (Å²) in [7, 11) is 0. The lowest BCUT2D eigenvalue weighted by Gasteiger charge is -2.15. The van der Waals surface area contributed by atoms with Crippen molar-refractivity contribution >= 4 is 23.2 Å². The standard InChI is InChI=1S/C14H19ClN2O3/c1-2-19-12-5-3-9(15)7-11(12)17-14(18)13-6-4-10(8-16)20-13/h3,5,7,10,13H,2,4,6,8,16H2,1H3,(H,17,18). The van der Waals surface area contributed by atoms with E-state index in [1.807, 2.05) is 6.92 Å². The minimum Gasteiger partial charge on any atom is -0.492 e. The molecule has 110 valence electrons. The molecule has 0 aliphatic carbocycles. The van der Waals surface area contributed by atoms with Crippen LogP contribution in [-0.4, -0.2) is 31.3 Å². The van der Waals surface area contributed by atoms with Gasteiger partial charge in [0.1, 0.15) is 11.9 Å². The molecule has 1 heterocycles. The summed E-state index contributed by atoms with van der Waals surface area (Å²) in [6.45, 7) is 2.83. The molecule has 1 fully saturated rings. The Labute approximate surface area is 123 Å². The molecule has 20 heavy (non-hydrogen) atoms. The Morgan fingerprint density at radius 2 is 2.35 bits per heavy atom. The number of amides is 1. The van der Waals surface area contributed by atoms with E-state index >= 15 is 0 Å². The smallest absolute Gasteiger partial charge is 0.253 e. The van der Waals surface area contributed by atoms with Crippen LogP contribution in [0.4, 0.5) is 5.69 Å². The zero-order valence-electron chi connectivity index (χ0n) is 11.4. The van der Waals surface area contributed by atoms with Crippen molar-refractivity contribution in [3.63, 3.8) is 0 Å². The number of carbonyl (C=O) groups is 1. The summed E-state index contributed by atoms with van der Waals surface area (Å²) in [6, 6.07) is 5.12. The van der Waals surface area contributed by atoms with Crippen molar-refractivity contribution in [3.05, 3.63) is 23.2 Å². The van der Waals surface area contributed by atoms with Gasteiger partial charge >= 0.3 is 0 Å². The highest BCUT2D eigenvalue weighted by Gasteiger charge is 2.30. The molecule has 0 bridgehead atoms. The zero-order chi connectivity index (χ0) is 14.5.